The predicted octanol–water partition coefficient (Wildman–Crippen LogP) is 5.41. The third-order valence-electron chi connectivity index (χ3n) is 5.07. The second-order valence-corrected chi connectivity index (χ2v) is 7.69. The zero-order valence-corrected chi connectivity index (χ0v) is 18.6. The fourth-order valence-electron chi connectivity index (χ4n) is 3.39. The third kappa shape index (κ3) is 5.51. The zero-order valence-electron chi connectivity index (χ0n) is 17.9. The van der Waals surface area contributed by atoms with Gasteiger partial charge in [-0.05, 0) is 48.4 Å². The maximum atomic E-state index is 13.5. The number of carbonyl (C=O) groups excluding carboxylic acids is 1. The molecule has 6 nitrogen and oxygen atoms in total. The first-order chi connectivity index (χ1) is 16.0. The highest BCUT2D eigenvalue weighted by Gasteiger charge is 2.12. The van der Waals surface area contributed by atoms with Crippen molar-refractivity contribution in [2.75, 3.05) is 19.0 Å². The molecule has 1 aromatic heterocycles. The molecule has 0 atom stereocenters. The van der Waals surface area contributed by atoms with Gasteiger partial charge in [-0.15, -0.1) is 0 Å². The topological polar surface area (TPSA) is 78.5 Å². The minimum atomic E-state index is -0.588. The summed E-state index contributed by atoms with van der Waals surface area (Å²) >= 11 is 5.83. The van der Waals surface area contributed by atoms with Gasteiger partial charge in [-0.1, -0.05) is 35.9 Å². The Balaban J connectivity index is 1.54. The van der Waals surface area contributed by atoms with Crippen molar-refractivity contribution >= 4 is 40.1 Å². The number of carbonyl (C=O) groups is 1. The molecular formula is C25H22ClFN4O2. The summed E-state index contributed by atoms with van der Waals surface area (Å²) in [6, 6.07) is 19.1. The first kappa shape index (κ1) is 22.4. The number of para-hydroxylation sites is 1. The number of nitrogens with zero attached hydrogens (tertiary/aromatic N) is 1. The molecule has 4 rings (SSSR count). The van der Waals surface area contributed by atoms with Gasteiger partial charge in [-0.3, -0.25) is 15.1 Å². The SMILES string of the molecule is COc1cccc(NC(=NCCc2c[nH]c3ccccc23)NC(=O)c2ccc(F)c(Cl)c2)c1. The fourth-order valence-corrected chi connectivity index (χ4v) is 3.57. The first-order valence-electron chi connectivity index (χ1n) is 10.3. The Bertz CT molecular complexity index is 1320. The van der Waals surface area contributed by atoms with Gasteiger partial charge in [0.1, 0.15) is 11.6 Å². The summed E-state index contributed by atoms with van der Waals surface area (Å²) < 4.78 is 18.7. The van der Waals surface area contributed by atoms with Crippen molar-refractivity contribution in [2.24, 2.45) is 4.99 Å². The lowest BCUT2D eigenvalue weighted by atomic mass is 10.1. The van der Waals surface area contributed by atoms with Gasteiger partial charge in [0.25, 0.3) is 5.91 Å². The number of H-pyrrole nitrogens is 1. The molecule has 0 saturated carbocycles. The normalized spacial score (nSPS) is 11.4. The summed E-state index contributed by atoms with van der Waals surface area (Å²) in [5, 5.41) is 6.89. The number of aromatic nitrogens is 1. The van der Waals surface area contributed by atoms with Crippen molar-refractivity contribution in [3.63, 3.8) is 0 Å². The summed E-state index contributed by atoms with van der Waals surface area (Å²) in [5.41, 5.74) is 3.11. The molecule has 168 valence electrons. The van der Waals surface area contributed by atoms with Gasteiger partial charge >= 0.3 is 0 Å². The summed E-state index contributed by atoms with van der Waals surface area (Å²) in [6.07, 6.45) is 2.64. The van der Waals surface area contributed by atoms with Crippen LogP contribution < -0.4 is 15.4 Å². The van der Waals surface area contributed by atoms with Gasteiger partial charge in [0.05, 0.1) is 12.1 Å². The summed E-state index contributed by atoms with van der Waals surface area (Å²) in [7, 11) is 1.58. The molecule has 1 amide bonds. The average Bonchev–Trinajstić information content (AvgIpc) is 3.24. The molecule has 1 heterocycles. The van der Waals surface area contributed by atoms with Crippen LogP contribution in [0.1, 0.15) is 15.9 Å². The molecule has 3 aromatic carbocycles. The van der Waals surface area contributed by atoms with E-state index in [0.717, 1.165) is 22.5 Å². The predicted molar refractivity (Wildman–Crippen MR) is 130 cm³/mol. The molecule has 3 N–H and O–H groups in total. The van der Waals surface area contributed by atoms with E-state index in [-0.39, 0.29) is 16.5 Å². The van der Waals surface area contributed by atoms with Gasteiger partial charge in [0, 0.05) is 41.0 Å². The van der Waals surface area contributed by atoms with Crippen molar-refractivity contribution in [1.29, 1.82) is 0 Å². The number of halogens is 2. The number of fused-ring (bicyclic) bond motifs is 1. The molecule has 0 aliphatic heterocycles. The zero-order chi connectivity index (χ0) is 23.2. The lowest BCUT2D eigenvalue weighted by Gasteiger charge is -2.13. The number of amides is 1. The lowest BCUT2D eigenvalue weighted by Crippen LogP contribution is -2.36. The van der Waals surface area contributed by atoms with E-state index in [0.29, 0.717) is 24.4 Å². The number of hydrogen-bond acceptors (Lipinski definition) is 3. The van der Waals surface area contributed by atoms with E-state index < -0.39 is 11.7 Å². The number of aromatic amines is 1. The van der Waals surface area contributed by atoms with Crippen LogP contribution in [-0.2, 0) is 6.42 Å². The second kappa shape index (κ2) is 10.2. The fraction of sp³-hybridized carbons (Fsp3) is 0.120. The Morgan fingerprint density at radius 3 is 2.79 bits per heavy atom. The van der Waals surface area contributed by atoms with E-state index >= 15 is 0 Å². The van der Waals surface area contributed by atoms with Gasteiger partial charge in [0.2, 0.25) is 5.96 Å². The van der Waals surface area contributed by atoms with Crippen LogP contribution in [0.25, 0.3) is 10.9 Å². The largest absolute Gasteiger partial charge is 0.497 e. The maximum absolute atomic E-state index is 13.5. The molecule has 0 bridgehead atoms. The Hall–Kier alpha value is -3.84. The summed E-state index contributed by atoms with van der Waals surface area (Å²) in [4.78, 5) is 20.6. The third-order valence-corrected chi connectivity index (χ3v) is 5.36. The Morgan fingerprint density at radius 2 is 1.97 bits per heavy atom. The van der Waals surface area contributed by atoms with Crippen LogP contribution in [0.2, 0.25) is 5.02 Å². The minimum absolute atomic E-state index is 0.124. The molecule has 0 fully saturated rings. The molecule has 8 heteroatoms. The first-order valence-corrected chi connectivity index (χ1v) is 10.7. The Morgan fingerprint density at radius 1 is 1.12 bits per heavy atom. The van der Waals surface area contributed by atoms with Crippen molar-refractivity contribution in [1.82, 2.24) is 10.3 Å². The molecular weight excluding hydrogens is 443 g/mol. The molecule has 0 unspecified atom stereocenters. The van der Waals surface area contributed by atoms with E-state index in [1.807, 2.05) is 42.6 Å². The van der Waals surface area contributed by atoms with Crippen LogP contribution in [0.5, 0.6) is 5.75 Å². The number of anilines is 1. The molecule has 0 saturated heterocycles. The summed E-state index contributed by atoms with van der Waals surface area (Å²) in [6.45, 7) is 0.429. The number of rotatable bonds is 6. The van der Waals surface area contributed by atoms with Crippen molar-refractivity contribution in [3.05, 3.63) is 94.9 Å². The van der Waals surface area contributed by atoms with Gasteiger partial charge < -0.3 is 15.0 Å². The number of aliphatic imine (C=N–C) groups is 1. The van der Waals surface area contributed by atoms with E-state index in [1.54, 1.807) is 13.2 Å². The summed E-state index contributed by atoms with van der Waals surface area (Å²) in [5.74, 6) is -0.128. The average molecular weight is 465 g/mol. The van der Waals surface area contributed by atoms with Gasteiger partial charge in [-0.2, -0.15) is 0 Å². The number of ether oxygens (including phenoxy) is 1. The quantitative estimate of drug-likeness (QED) is 0.264. The highest BCUT2D eigenvalue weighted by Crippen LogP contribution is 2.19. The van der Waals surface area contributed by atoms with E-state index in [1.165, 1.54) is 12.1 Å². The van der Waals surface area contributed by atoms with E-state index in [9.17, 15) is 9.18 Å². The lowest BCUT2D eigenvalue weighted by molar-refractivity contribution is 0.0977. The Kier molecular flexibility index (Phi) is 6.90. The molecule has 0 radical (unpaired) electrons. The van der Waals surface area contributed by atoms with Crippen LogP contribution in [-0.4, -0.2) is 30.5 Å². The highest BCUT2D eigenvalue weighted by molar-refractivity contribution is 6.31. The molecule has 0 aliphatic rings. The molecule has 33 heavy (non-hydrogen) atoms. The number of guanidine groups is 1. The molecule has 0 spiro atoms. The second-order valence-electron chi connectivity index (χ2n) is 7.28. The van der Waals surface area contributed by atoms with Crippen molar-refractivity contribution < 1.29 is 13.9 Å². The number of hydrogen-bond donors (Lipinski definition) is 3. The molecule has 0 aliphatic carbocycles. The van der Waals surface area contributed by atoms with Crippen LogP contribution in [0, 0.1) is 5.82 Å². The Labute approximate surface area is 195 Å². The van der Waals surface area contributed by atoms with Crippen LogP contribution in [0.4, 0.5) is 10.1 Å². The van der Waals surface area contributed by atoms with Gasteiger partial charge in [-0.25, -0.2) is 4.39 Å². The van der Waals surface area contributed by atoms with Crippen molar-refractivity contribution in [2.45, 2.75) is 6.42 Å². The van der Waals surface area contributed by atoms with E-state index in [4.69, 9.17) is 16.3 Å². The van der Waals surface area contributed by atoms with Gasteiger partial charge in [0.15, 0.2) is 0 Å². The van der Waals surface area contributed by atoms with Crippen molar-refractivity contribution in [3.8, 4) is 5.75 Å². The smallest absolute Gasteiger partial charge is 0.258 e. The molecule has 4 aromatic rings. The number of benzene rings is 3. The highest BCUT2D eigenvalue weighted by atomic mass is 35.5. The van der Waals surface area contributed by atoms with E-state index in [2.05, 4.69) is 26.7 Å². The van der Waals surface area contributed by atoms with Crippen LogP contribution in [0.15, 0.2) is 77.9 Å². The standard InChI is InChI=1S/C25H22ClFN4O2/c1-33-19-6-4-5-18(14-19)30-25(31-24(32)16-9-10-22(27)21(26)13-16)28-12-11-17-15-29-23-8-3-2-7-20(17)23/h2-10,13-15,29H,11-12H2,1H3,(H2,28,30,31,32). The maximum Gasteiger partial charge on any atom is 0.258 e. The van der Waals surface area contributed by atoms with Crippen LogP contribution >= 0.6 is 11.6 Å². The number of methoxy groups -OCH3 is 1. The number of nitrogens with one attached hydrogen (secondary N) is 3. The monoisotopic (exact) mass is 464 g/mol. The van der Waals surface area contributed by atoms with Crippen LogP contribution in [0.3, 0.4) is 0 Å². The minimum Gasteiger partial charge on any atom is -0.497 e.